The summed E-state index contributed by atoms with van der Waals surface area (Å²) in [6.07, 6.45) is 0.121. The van der Waals surface area contributed by atoms with Gasteiger partial charge in [0, 0.05) is 12.2 Å². The van der Waals surface area contributed by atoms with Gasteiger partial charge in [-0.15, -0.1) is 0 Å². The molecule has 146 valence electrons. The lowest BCUT2D eigenvalue weighted by molar-refractivity contribution is -0.127. The molecule has 1 heterocycles. The number of aromatic nitrogens is 2. The number of halogens is 1. The van der Waals surface area contributed by atoms with E-state index < -0.39 is 6.10 Å². The third kappa shape index (κ3) is 4.93. The Bertz CT molecular complexity index is 951. The topological polar surface area (TPSA) is 56.2 Å². The standard InChI is InChI=1S/C22H24ClN3O2/c1-15-14-16(2)26(25-15)19-10-8-18(9-11-19)12-13-24-22(27)17(3)28-21-7-5-4-6-20(21)23/h4-11,14,17H,12-13H2,1-3H3,(H,24,27). The van der Waals surface area contributed by atoms with Crippen LogP contribution in [-0.4, -0.2) is 28.3 Å². The van der Waals surface area contributed by atoms with E-state index in [2.05, 4.69) is 28.6 Å². The van der Waals surface area contributed by atoms with Gasteiger partial charge in [-0.3, -0.25) is 4.79 Å². The minimum absolute atomic E-state index is 0.167. The Morgan fingerprint density at radius 2 is 1.89 bits per heavy atom. The number of carbonyl (C=O) groups is 1. The Hall–Kier alpha value is -2.79. The first-order chi connectivity index (χ1) is 13.4. The highest BCUT2D eigenvalue weighted by Gasteiger charge is 2.15. The van der Waals surface area contributed by atoms with Crippen molar-refractivity contribution in [2.75, 3.05) is 6.54 Å². The van der Waals surface area contributed by atoms with Crippen molar-refractivity contribution < 1.29 is 9.53 Å². The summed E-state index contributed by atoms with van der Waals surface area (Å²) in [5.41, 5.74) is 4.27. The van der Waals surface area contributed by atoms with Gasteiger partial charge in [0.1, 0.15) is 5.75 Å². The van der Waals surface area contributed by atoms with E-state index in [-0.39, 0.29) is 5.91 Å². The van der Waals surface area contributed by atoms with Crippen LogP contribution in [-0.2, 0) is 11.2 Å². The predicted octanol–water partition coefficient (Wildman–Crippen LogP) is 4.27. The average Bonchev–Trinajstić information content (AvgIpc) is 3.02. The zero-order valence-corrected chi connectivity index (χ0v) is 17.0. The molecule has 5 nitrogen and oxygen atoms in total. The molecule has 1 atom stereocenters. The van der Waals surface area contributed by atoms with E-state index in [1.165, 1.54) is 0 Å². The zero-order chi connectivity index (χ0) is 20.1. The van der Waals surface area contributed by atoms with Gasteiger partial charge in [-0.05, 0) is 63.1 Å². The van der Waals surface area contributed by atoms with E-state index in [1.54, 1.807) is 19.1 Å². The molecule has 28 heavy (non-hydrogen) atoms. The largest absolute Gasteiger partial charge is 0.479 e. The van der Waals surface area contributed by atoms with E-state index in [9.17, 15) is 4.79 Å². The van der Waals surface area contributed by atoms with Crippen LogP contribution in [0.25, 0.3) is 5.69 Å². The van der Waals surface area contributed by atoms with Gasteiger partial charge in [-0.2, -0.15) is 5.10 Å². The maximum atomic E-state index is 12.2. The molecule has 0 saturated carbocycles. The Kier molecular flexibility index (Phi) is 6.37. The van der Waals surface area contributed by atoms with Crippen LogP contribution >= 0.6 is 11.6 Å². The minimum atomic E-state index is -0.617. The summed E-state index contributed by atoms with van der Waals surface area (Å²) < 4.78 is 7.56. The van der Waals surface area contributed by atoms with Crippen LogP contribution < -0.4 is 10.1 Å². The molecule has 0 aliphatic carbocycles. The van der Waals surface area contributed by atoms with Gasteiger partial charge in [0.15, 0.2) is 6.10 Å². The van der Waals surface area contributed by atoms with Crippen molar-refractivity contribution in [1.82, 2.24) is 15.1 Å². The Balaban J connectivity index is 1.50. The van der Waals surface area contributed by atoms with Gasteiger partial charge in [-0.1, -0.05) is 35.9 Å². The average molecular weight is 398 g/mol. The van der Waals surface area contributed by atoms with E-state index in [0.29, 0.717) is 17.3 Å². The highest BCUT2D eigenvalue weighted by Crippen LogP contribution is 2.24. The molecule has 1 N–H and O–H groups in total. The van der Waals surface area contributed by atoms with Gasteiger partial charge in [0.05, 0.1) is 16.4 Å². The van der Waals surface area contributed by atoms with Gasteiger partial charge in [0.2, 0.25) is 0 Å². The first-order valence-corrected chi connectivity index (χ1v) is 9.63. The SMILES string of the molecule is Cc1cc(C)n(-c2ccc(CCNC(=O)C(C)Oc3ccccc3Cl)cc2)n1. The molecule has 6 heteroatoms. The van der Waals surface area contributed by atoms with E-state index in [4.69, 9.17) is 16.3 Å². The zero-order valence-electron chi connectivity index (χ0n) is 16.3. The first kappa shape index (κ1) is 20.0. The molecule has 0 aliphatic rings. The second-order valence-electron chi connectivity index (χ2n) is 6.74. The predicted molar refractivity (Wildman–Crippen MR) is 111 cm³/mol. The van der Waals surface area contributed by atoms with Crippen LogP contribution in [0.2, 0.25) is 5.02 Å². The van der Waals surface area contributed by atoms with Crippen molar-refractivity contribution >= 4 is 17.5 Å². The molecule has 0 saturated heterocycles. The fraction of sp³-hybridized carbons (Fsp3) is 0.273. The summed E-state index contributed by atoms with van der Waals surface area (Å²) in [6, 6.07) is 17.4. The van der Waals surface area contributed by atoms with E-state index in [0.717, 1.165) is 29.1 Å². The van der Waals surface area contributed by atoms with Crippen LogP contribution in [0.5, 0.6) is 5.75 Å². The van der Waals surface area contributed by atoms with Gasteiger partial charge < -0.3 is 10.1 Å². The smallest absolute Gasteiger partial charge is 0.260 e. The third-order valence-electron chi connectivity index (χ3n) is 4.41. The normalized spacial score (nSPS) is 11.9. The number of ether oxygens (including phenoxy) is 1. The van der Waals surface area contributed by atoms with Crippen LogP contribution in [0.15, 0.2) is 54.6 Å². The van der Waals surface area contributed by atoms with Crippen molar-refractivity contribution in [3.05, 3.63) is 76.6 Å². The molecule has 2 aromatic carbocycles. The lowest BCUT2D eigenvalue weighted by Crippen LogP contribution is -2.37. The molecule has 0 fully saturated rings. The van der Waals surface area contributed by atoms with Crippen LogP contribution in [0.3, 0.4) is 0 Å². The van der Waals surface area contributed by atoms with Crippen molar-refractivity contribution in [3.63, 3.8) is 0 Å². The van der Waals surface area contributed by atoms with Crippen molar-refractivity contribution in [1.29, 1.82) is 0 Å². The number of benzene rings is 2. The lowest BCUT2D eigenvalue weighted by Gasteiger charge is -2.15. The number of nitrogens with zero attached hydrogens (tertiary/aromatic N) is 2. The number of hydrogen-bond donors (Lipinski definition) is 1. The second-order valence-corrected chi connectivity index (χ2v) is 7.14. The van der Waals surface area contributed by atoms with Gasteiger partial charge >= 0.3 is 0 Å². The third-order valence-corrected chi connectivity index (χ3v) is 4.73. The lowest BCUT2D eigenvalue weighted by atomic mass is 10.1. The molecule has 1 amide bonds. The molecule has 1 aromatic heterocycles. The number of nitrogens with one attached hydrogen (secondary N) is 1. The quantitative estimate of drug-likeness (QED) is 0.647. The molecule has 0 bridgehead atoms. The Labute approximate surface area is 170 Å². The Morgan fingerprint density at radius 3 is 2.54 bits per heavy atom. The van der Waals surface area contributed by atoms with Crippen LogP contribution in [0.4, 0.5) is 0 Å². The number of aryl methyl sites for hydroxylation is 2. The summed E-state index contributed by atoms with van der Waals surface area (Å²) in [5, 5.41) is 7.89. The summed E-state index contributed by atoms with van der Waals surface area (Å²) in [4.78, 5) is 12.2. The molecular formula is C22H24ClN3O2. The molecule has 3 rings (SSSR count). The number of para-hydroxylation sites is 1. The number of rotatable bonds is 7. The van der Waals surface area contributed by atoms with Gasteiger partial charge in [0.25, 0.3) is 5.91 Å². The highest BCUT2D eigenvalue weighted by molar-refractivity contribution is 6.32. The summed E-state index contributed by atoms with van der Waals surface area (Å²) in [6.45, 7) is 6.27. The molecule has 3 aromatic rings. The molecule has 0 radical (unpaired) electrons. The van der Waals surface area contributed by atoms with Gasteiger partial charge in [-0.25, -0.2) is 4.68 Å². The van der Waals surface area contributed by atoms with Crippen molar-refractivity contribution in [2.24, 2.45) is 0 Å². The molecule has 1 unspecified atom stereocenters. The minimum Gasteiger partial charge on any atom is -0.479 e. The second kappa shape index (κ2) is 8.93. The van der Waals surface area contributed by atoms with E-state index in [1.807, 2.05) is 42.8 Å². The van der Waals surface area contributed by atoms with Crippen LogP contribution in [0, 0.1) is 13.8 Å². The fourth-order valence-electron chi connectivity index (χ4n) is 2.95. The highest BCUT2D eigenvalue weighted by atomic mass is 35.5. The fourth-order valence-corrected chi connectivity index (χ4v) is 3.13. The van der Waals surface area contributed by atoms with E-state index >= 15 is 0 Å². The monoisotopic (exact) mass is 397 g/mol. The maximum absolute atomic E-state index is 12.2. The van der Waals surface area contributed by atoms with Crippen LogP contribution in [0.1, 0.15) is 23.9 Å². The number of amides is 1. The first-order valence-electron chi connectivity index (χ1n) is 9.25. The number of hydrogen-bond acceptors (Lipinski definition) is 3. The molecule has 0 spiro atoms. The summed E-state index contributed by atoms with van der Waals surface area (Å²) in [7, 11) is 0. The molecule has 0 aliphatic heterocycles. The van der Waals surface area contributed by atoms with Crippen molar-refractivity contribution in [2.45, 2.75) is 33.3 Å². The van der Waals surface area contributed by atoms with Crippen molar-refractivity contribution in [3.8, 4) is 11.4 Å². The Morgan fingerprint density at radius 1 is 1.18 bits per heavy atom. The molecular weight excluding hydrogens is 374 g/mol. The summed E-state index contributed by atoms with van der Waals surface area (Å²) in [5.74, 6) is 0.339. The maximum Gasteiger partial charge on any atom is 0.260 e. The number of carbonyl (C=O) groups excluding carboxylic acids is 1. The summed E-state index contributed by atoms with van der Waals surface area (Å²) >= 11 is 6.06.